The van der Waals surface area contributed by atoms with Gasteiger partial charge in [0.25, 0.3) is 0 Å². The van der Waals surface area contributed by atoms with Crippen LogP contribution in [0, 0.1) is 37.2 Å². The summed E-state index contributed by atoms with van der Waals surface area (Å²) in [5, 5.41) is 10.7. The molecule has 3 heterocycles. The van der Waals surface area contributed by atoms with Crippen molar-refractivity contribution >= 4 is 21.9 Å². The molecular formula is C31H21IrN3O-2. The topological polar surface area (TPSA) is 62.7 Å². The van der Waals surface area contributed by atoms with E-state index in [1.54, 1.807) is 18.2 Å². The van der Waals surface area contributed by atoms with Gasteiger partial charge in [-0.05, 0) is 48.9 Å². The zero-order chi connectivity index (χ0) is 27.6. The van der Waals surface area contributed by atoms with Crippen molar-refractivity contribution in [2.75, 3.05) is 0 Å². The molecule has 0 bridgehead atoms. The SMILES string of the molecule is Cc1ccc(-c2[c-]cccc2)nc1.[2H]c1cc(C([2H])([2H])[2H])cc(-c2[c-]ccc3c2oc2cc(C#N)ccc23)n1.[Ir]. The van der Waals surface area contributed by atoms with Crippen molar-refractivity contribution in [2.24, 2.45) is 0 Å². The van der Waals surface area contributed by atoms with E-state index in [0.29, 0.717) is 28.0 Å². The zero-order valence-electron chi connectivity index (χ0n) is 23.2. The maximum Gasteiger partial charge on any atom is 0.122 e. The quantitative estimate of drug-likeness (QED) is 0.183. The Balaban J connectivity index is 0.000000223. The van der Waals surface area contributed by atoms with Gasteiger partial charge in [-0.3, -0.25) is 0 Å². The summed E-state index contributed by atoms with van der Waals surface area (Å²) in [5.74, 6) is 0. The summed E-state index contributed by atoms with van der Waals surface area (Å²) in [6.07, 6.45) is 1.73. The van der Waals surface area contributed by atoms with Crippen LogP contribution in [0.15, 0.2) is 95.6 Å². The van der Waals surface area contributed by atoms with Gasteiger partial charge < -0.3 is 14.4 Å². The van der Waals surface area contributed by atoms with Crippen LogP contribution >= 0.6 is 0 Å². The second-order valence-electron chi connectivity index (χ2n) is 7.89. The average Bonchev–Trinajstić information content (AvgIpc) is 3.31. The Morgan fingerprint density at radius 1 is 0.917 bits per heavy atom. The van der Waals surface area contributed by atoms with Crippen molar-refractivity contribution < 1.29 is 30.0 Å². The minimum Gasteiger partial charge on any atom is -0.501 e. The summed E-state index contributed by atoms with van der Waals surface area (Å²) in [5.41, 5.74) is 5.57. The van der Waals surface area contributed by atoms with Gasteiger partial charge in [0.1, 0.15) is 5.58 Å². The standard InChI is InChI=1S/C19H11N2O.C12H10N.Ir/c1-12-7-8-21-17(9-12)16-4-2-3-15-14-6-5-13(11-20)10-18(14)22-19(15)16;1-10-7-8-12(13-9-10)11-5-3-2-4-6-11;/h2-3,5-10H,1H3;2-5,7-9H,1H3;/q2*-1;/i1D3,8D;;. The normalized spacial score (nSPS) is 12.2. The molecule has 0 aliphatic heterocycles. The van der Waals surface area contributed by atoms with Gasteiger partial charge in [-0.2, -0.15) is 5.26 Å². The fourth-order valence-corrected chi connectivity index (χ4v) is 3.70. The van der Waals surface area contributed by atoms with Crippen LogP contribution in [-0.4, -0.2) is 9.97 Å². The molecule has 0 aliphatic carbocycles. The van der Waals surface area contributed by atoms with Gasteiger partial charge in [0, 0.05) is 42.0 Å². The van der Waals surface area contributed by atoms with Crippen LogP contribution in [0.1, 0.15) is 22.2 Å². The first-order valence-electron chi connectivity index (χ1n) is 12.9. The second-order valence-corrected chi connectivity index (χ2v) is 7.89. The van der Waals surface area contributed by atoms with Crippen LogP contribution < -0.4 is 0 Å². The molecule has 0 amide bonds. The Morgan fingerprint density at radius 2 is 1.83 bits per heavy atom. The Bertz CT molecular complexity index is 1830. The van der Waals surface area contributed by atoms with Crippen molar-refractivity contribution in [2.45, 2.75) is 13.8 Å². The number of nitrogens with zero attached hydrogens (tertiary/aromatic N) is 3. The Hall–Kier alpha value is -4.10. The number of furan rings is 1. The number of nitriles is 1. The van der Waals surface area contributed by atoms with Crippen molar-refractivity contribution in [1.29, 1.82) is 5.26 Å². The molecule has 3 aromatic carbocycles. The van der Waals surface area contributed by atoms with E-state index in [0.717, 1.165) is 22.0 Å². The van der Waals surface area contributed by atoms with Crippen molar-refractivity contribution in [1.82, 2.24) is 9.97 Å². The van der Waals surface area contributed by atoms with E-state index in [2.05, 4.69) is 34.2 Å². The van der Waals surface area contributed by atoms with Gasteiger partial charge in [0.15, 0.2) is 0 Å². The smallest absolute Gasteiger partial charge is 0.122 e. The number of pyridine rings is 2. The molecule has 0 spiro atoms. The van der Waals surface area contributed by atoms with E-state index in [1.165, 1.54) is 17.7 Å². The molecule has 0 atom stereocenters. The molecule has 6 rings (SSSR count). The average molecular weight is 648 g/mol. The number of aromatic nitrogens is 2. The summed E-state index contributed by atoms with van der Waals surface area (Å²) in [6.45, 7) is -0.303. The van der Waals surface area contributed by atoms with Gasteiger partial charge in [0.2, 0.25) is 0 Å². The minimum atomic E-state index is -2.34. The Labute approximate surface area is 229 Å². The fourth-order valence-electron chi connectivity index (χ4n) is 3.70. The third-order valence-corrected chi connectivity index (χ3v) is 5.41. The van der Waals surface area contributed by atoms with Crippen LogP contribution in [0.25, 0.3) is 44.5 Å². The number of hydrogen-bond acceptors (Lipinski definition) is 4. The van der Waals surface area contributed by atoms with E-state index in [9.17, 15) is 0 Å². The van der Waals surface area contributed by atoms with Gasteiger partial charge in [0.05, 0.1) is 18.6 Å². The minimum absolute atomic E-state index is 0. The third-order valence-electron chi connectivity index (χ3n) is 5.41. The molecule has 0 saturated carbocycles. The largest absolute Gasteiger partial charge is 0.501 e. The maximum atomic E-state index is 9.06. The molecule has 3 aromatic heterocycles. The second kappa shape index (κ2) is 11.1. The van der Waals surface area contributed by atoms with E-state index in [1.807, 2.05) is 55.6 Å². The van der Waals surface area contributed by atoms with Gasteiger partial charge in [-0.1, -0.05) is 40.8 Å². The summed E-state index contributed by atoms with van der Waals surface area (Å²) >= 11 is 0. The summed E-state index contributed by atoms with van der Waals surface area (Å²) in [6, 6.07) is 31.6. The molecule has 0 aliphatic rings. The van der Waals surface area contributed by atoms with Gasteiger partial charge >= 0.3 is 0 Å². The number of fused-ring (bicyclic) bond motifs is 3. The van der Waals surface area contributed by atoms with Crippen LogP contribution in [0.2, 0.25) is 0 Å². The molecular weight excluding hydrogens is 623 g/mol. The van der Waals surface area contributed by atoms with E-state index < -0.39 is 6.85 Å². The first-order chi connectivity index (χ1) is 18.7. The Morgan fingerprint density at radius 3 is 2.58 bits per heavy atom. The number of benzene rings is 3. The van der Waals surface area contributed by atoms with Gasteiger partial charge in [-0.15, -0.1) is 54.1 Å². The fraction of sp³-hybridized carbons (Fsp3) is 0.0645. The van der Waals surface area contributed by atoms with Crippen LogP contribution in [-0.2, 0) is 20.1 Å². The summed E-state index contributed by atoms with van der Waals surface area (Å²) < 4.78 is 36.5. The van der Waals surface area contributed by atoms with Crippen LogP contribution in [0.3, 0.4) is 0 Å². The number of aryl methyl sites for hydroxylation is 2. The predicted octanol–water partition coefficient (Wildman–Crippen LogP) is 7.48. The molecule has 0 saturated heterocycles. The molecule has 4 nitrogen and oxygen atoms in total. The van der Waals surface area contributed by atoms with E-state index >= 15 is 0 Å². The summed E-state index contributed by atoms with van der Waals surface area (Å²) in [7, 11) is 0. The van der Waals surface area contributed by atoms with Crippen molar-refractivity contribution in [3.8, 4) is 28.6 Å². The molecule has 5 heteroatoms. The first-order valence-corrected chi connectivity index (χ1v) is 10.9. The maximum absolute atomic E-state index is 9.06. The zero-order valence-corrected chi connectivity index (χ0v) is 21.6. The molecule has 177 valence electrons. The predicted molar refractivity (Wildman–Crippen MR) is 138 cm³/mol. The Kier molecular flexibility index (Phi) is 6.20. The monoisotopic (exact) mass is 648 g/mol. The molecule has 6 aromatic rings. The van der Waals surface area contributed by atoms with Crippen LogP contribution in [0.4, 0.5) is 0 Å². The molecule has 0 unspecified atom stereocenters. The van der Waals surface area contributed by atoms with E-state index in [4.69, 9.17) is 15.2 Å². The molecule has 36 heavy (non-hydrogen) atoms. The van der Waals surface area contributed by atoms with Crippen LogP contribution in [0.5, 0.6) is 0 Å². The van der Waals surface area contributed by atoms with E-state index in [-0.39, 0.29) is 31.8 Å². The number of hydrogen-bond donors (Lipinski definition) is 0. The third kappa shape index (κ3) is 5.26. The molecule has 1 radical (unpaired) electrons. The number of rotatable bonds is 2. The summed E-state index contributed by atoms with van der Waals surface area (Å²) in [4.78, 5) is 8.46. The first kappa shape index (κ1) is 20.1. The van der Waals surface area contributed by atoms with Crippen molar-refractivity contribution in [3.63, 3.8) is 0 Å². The van der Waals surface area contributed by atoms with Crippen molar-refractivity contribution in [3.05, 3.63) is 120 Å². The molecule has 0 N–H and O–H groups in total. The van der Waals surface area contributed by atoms with Gasteiger partial charge in [-0.25, -0.2) is 0 Å². The molecule has 0 fully saturated rings.